The fourth-order valence-electron chi connectivity index (χ4n) is 2.41. The molecule has 94 valence electrons. The molecule has 0 atom stereocenters. The van der Waals surface area contributed by atoms with Crippen molar-refractivity contribution in [2.75, 3.05) is 0 Å². The number of carbonyl (C=O) groups is 1. The van der Waals surface area contributed by atoms with E-state index in [1.165, 1.54) is 0 Å². The molecule has 0 aliphatic carbocycles. The first-order valence-corrected chi connectivity index (χ1v) is 6.27. The van der Waals surface area contributed by atoms with E-state index in [4.69, 9.17) is 6.42 Å². The van der Waals surface area contributed by atoms with Crippen molar-refractivity contribution in [2.45, 2.75) is 18.8 Å². The van der Waals surface area contributed by atoms with E-state index in [0.29, 0.717) is 6.42 Å². The molecule has 2 rings (SSSR count). The second-order valence-electron chi connectivity index (χ2n) is 4.66. The summed E-state index contributed by atoms with van der Waals surface area (Å²) in [5.74, 6) is 2.95. The first-order chi connectivity index (χ1) is 9.19. The Morgan fingerprint density at radius 2 is 1.42 bits per heavy atom. The number of carbonyl (C=O) groups excluding carboxylic acids is 1. The summed E-state index contributed by atoms with van der Waals surface area (Å²) < 4.78 is 0. The monoisotopic (exact) mass is 248 g/mol. The van der Waals surface area contributed by atoms with Gasteiger partial charge in [0.15, 0.2) is 0 Å². The molecule has 0 aromatic heterocycles. The van der Waals surface area contributed by atoms with Gasteiger partial charge in [-0.05, 0) is 18.1 Å². The van der Waals surface area contributed by atoms with Crippen LogP contribution in [0, 0.1) is 12.3 Å². The standard InChI is InChI=1S/C18H16O/c1-3-18(14-15(2)19,16-10-6-4-7-11-16)17-12-8-5-9-13-17/h1,4-13H,14H2,2H3. The van der Waals surface area contributed by atoms with Crippen molar-refractivity contribution < 1.29 is 4.79 Å². The summed E-state index contributed by atoms with van der Waals surface area (Å²) in [6.45, 7) is 1.58. The Kier molecular flexibility index (Phi) is 3.82. The fourth-order valence-corrected chi connectivity index (χ4v) is 2.41. The normalized spacial score (nSPS) is 10.7. The van der Waals surface area contributed by atoms with Crippen molar-refractivity contribution >= 4 is 5.78 Å². The molecule has 0 saturated carbocycles. The van der Waals surface area contributed by atoms with E-state index in [9.17, 15) is 4.79 Å². The summed E-state index contributed by atoms with van der Waals surface area (Å²) in [6, 6.07) is 19.6. The minimum absolute atomic E-state index is 0.0886. The summed E-state index contributed by atoms with van der Waals surface area (Å²) in [5, 5.41) is 0. The molecule has 0 radical (unpaired) electrons. The number of rotatable bonds is 4. The van der Waals surface area contributed by atoms with E-state index in [2.05, 4.69) is 5.92 Å². The predicted molar refractivity (Wildman–Crippen MR) is 77.8 cm³/mol. The molecule has 0 saturated heterocycles. The van der Waals surface area contributed by atoms with E-state index < -0.39 is 5.41 Å². The van der Waals surface area contributed by atoms with Crippen LogP contribution in [0.3, 0.4) is 0 Å². The van der Waals surface area contributed by atoms with E-state index in [-0.39, 0.29) is 5.78 Å². The van der Waals surface area contributed by atoms with Crippen LogP contribution in [0.5, 0.6) is 0 Å². The van der Waals surface area contributed by atoms with Crippen LogP contribution in [0.25, 0.3) is 0 Å². The zero-order valence-corrected chi connectivity index (χ0v) is 11.0. The molecule has 0 spiro atoms. The lowest BCUT2D eigenvalue weighted by Crippen LogP contribution is -2.28. The molecule has 1 nitrogen and oxygen atoms in total. The smallest absolute Gasteiger partial charge is 0.132 e. The highest BCUT2D eigenvalue weighted by atomic mass is 16.1. The lowest BCUT2D eigenvalue weighted by Gasteiger charge is -2.28. The SMILES string of the molecule is C#CC(CC(C)=O)(c1ccccc1)c1ccccc1. The average molecular weight is 248 g/mol. The van der Waals surface area contributed by atoms with Gasteiger partial charge >= 0.3 is 0 Å². The van der Waals surface area contributed by atoms with Crippen LogP contribution in [0.15, 0.2) is 60.7 Å². The maximum atomic E-state index is 11.7. The number of hydrogen-bond acceptors (Lipinski definition) is 1. The summed E-state index contributed by atoms with van der Waals surface area (Å²) in [4.78, 5) is 11.7. The third-order valence-electron chi connectivity index (χ3n) is 3.29. The molecule has 0 unspecified atom stereocenters. The Bertz CT molecular complexity index is 551. The molecule has 0 N–H and O–H groups in total. The van der Waals surface area contributed by atoms with Gasteiger partial charge in [0.05, 0.1) is 5.41 Å². The summed E-state index contributed by atoms with van der Waals surface area (Å²) >= 11 is 0. The summed E-state index contributed by atoms with van der Waals surface area (Å²) in [6.07, 6.45) is 6.13. The highest BCUT2D eigenvalue weighted by Crippen LogP contribution is 2.35. The van der Waals surface area contributed by atoms with E-state index >= 15 is 0 Å². The Balaban J connectivity index is 2.63. The quantitative estimate of drug-likeness (QED) is 0.756. The average Bonchev–Trinajstić information content (AvgIpc) is 2.46. The van der Waals surface area contributed by atoms with Gasteiger partial charge in [0, 0.05) is 6.42 Å². The zero-order valence-electron chi connectivity index (χ0n) is 11.0. The third-order valence-corrected chi connectivity index (χ3v) is 3.29. The van der Waals surface area contributed by atoms with Crippen LogP contribution < -0.4 is 0 Å². The number of hydrogen-bond donors (Lipinski definition) is 0. The van der Waals surface area contributed by atoms with E-state index in [0.717, 1.165) is 11.1 Å². The lowest BCUT2D eigenvalue weighted by molar-refractivity contribution is -0.117. The highest BCUT2D eigenvalue weighted by Gasteiger charge is 2.33. The molecule has 0 fully saturated rings. The summed E-state index contributed by atoms with van der Waals surface area (Å²) in [7, 11) is 0. The van der Waals surface area contributed by atoms with Gasteiger partial charge < -0.3 is 0 Å². The number of ketones is 1. The van der Waals surface area contributed by atoms with E-state index in [1.54, 1.807) is 6.92 Å². The number of benzene rings is 2. The van der Waals surface area contributed by atoms with Crippen LogP contribution in [-0.2, 0) is 10.2 Å². The van der Waals surface area contributed by atoms with Crippen LogP contribution in [0.4, 0.5) is 0 Å². The second kappa shape index (κ2) is 5.54. The predicted octanol–water partition coefficient (Wildman–Crippen LogP) is 3.59. The zero-order chi connectivity index (χ0) is 13.7. The van der Waals surface area contributed by atoms with Crippen molar-refractivity contribution in [1.29, 1.82) is 0 Å². The van der Waals surface area contributed by atoms with Crippen molar-refractivity contribution in [3.63, 3.8) is 0 Å². The summed E-state index contributed by atoms with van der Waals surface area (Å²) in [5.41, 5.74) is 1.30. The van der Waals surface area contributed by atoms with Gasteiger partial charge in [0.2, 0.25) is 0 Å². The highest BCUT2D eigenvalue weighted by molar-refractivity contribution is 5.79. The minimum atomic E-state index is -0.672. The minimum Gasteiger partial charge on any atom is -0.300 e. The number of terminal acetylenes is 1. The Morgan fingerprint density at radius 3 is 1.74 bits per heavy atom. The molecular weight excluding hydrogens is 232 g/mol. The van der Waals surface area contributed by atoms with Gasteiger partial charge in [0.25, 0.3) is 0 Å². The largest absolute Gasteiger partial charge is 0.300 e. The van der Waals surface area contributed by atoms with Crippen molar-refractivity contribution in [2.24, 2.45) is 0 Å². The maximum Gasteiger partial charge on any atom is 0.132 e. The third kappa shape index (κ3) is 2.58. The second-order valence-corrected chi connectivity index (χ2v) is 4.66. The first-order valence-electron chi connectivity index (χ1n) is 6.27. The van der Waals surface area contributed by atoms with E-state index in [1.807, 2.05) is 60.7 Å². The maximum absolute atomic E-state index is 11.7. The van der Waals surface area contributed by atoms with Gasteiger partial charge in [-0.1, -0.05) is 66.6 Å². The molecule has 0 amide bonds. The Labute approximate surface area is 114 Å². The van der Waals surface area contributed by atoms with Gasteiger partial charge in [-0.15, -0.1) is 6.42 Å². The Hall–Kier alpha value is -2.33. The molecule has 2 aromatic carbocycles. The molecule has 0 aliphatic rings. The molecule has 19 heavy (non-hydrogen) atoms. The molecule has 1 heteroatoms. The molecule has 0 bridgehead atoms. The van der Waals surface area contributed by atoms with Crippen LogP contribution in [0.2, 0.25) is 0 Å². The van der Waals surface area contributed by atoms with Crippen LogP contribution in [0.1, 0.15) is 24.5 Å². The molecule has 0 heterocycles. The van der Waals surface area contributed by atoms with Gasteiger partial charge in [-0.3, -0.25) is 4.79 Å². The van der Waals surface area contributed by atoms with Gasteiger partial charge in [-0.2, -0.15) is 0 Å². The van der Waals surface area contributed by atoms with Crippen molar-refractivity contribution in [1.82, 2.24) is 0 Å². The van der Waals surface area contributed by atoms with Gasteiger partial charge in [-0.25, -0.2) is 0 Å². The van der Waals surface area contributed by atoms with Crippen molar-refractivity contribution in [3.8, 4) is 12.3 Å². The number of Topliss-reactive ketones (excluding diaryl/α,β-unsaturated/α-hetero) is 1. The molecule has 0 aliphatic heterocycles. The van der Waals surface area contributed by atoms with Gasteiger partial charge in [0.1, 0.15) is 5.78 Å². The first kappa shape index (κ1) is 13.1. The lowest BCUT2D eigenvalue weighted by atomic mass is 9.72. The molecule has 2 aromatic rings. The van der Waals surface area contributed by atoms with Crippen LogP contribution in [-0.4, -0.2) is 5.78 Å². The fraction of sp³-hybridized carbons (Fsp3) is 0.167. The topological polar surface area (TPSA) is 17.1 Å². The van der Waals surface area contributed by atoms with Crippen LogP contribution >= 0.6 is 0 Å². The van der Waals surface area contributed by atoms with Crippen molar-refractivity contribution in [3.05, 3.63) is 71.8 Å². The molecular formula is C18H16O. The Morgan fingerprint density at radius 1 is 1.00 bits per heavy atom.